The molecule has 0 aliphatic rings. The number of benzene rings is 1. The SMILES string of the molecule is CCNC(CCC(C)(C)C)c1cc(C(F)(F)F)ccc1Br. The summed E-state index contributed by atoms with van der Waals surface area (Å²) in [5, 5.41) is 3.29. The number of halogens is 4. The van der Waals surface area contributed by atoms with Gasteiger partial charge in [0.15, 0.2) is 0 Å². The second-order valence-corrected chi connectivity index (χ2v) is 7.30. The summed E-state index contributed by atoms with van der Waals surface area (Å²) in [6.45, 7) is 9.09. The van der Waals surface area contributed by atoms with E-state index in [1.54, 1.807) is 0 Å². The Kier molecular flexibility index (Phi) is 6.29. The van der Waals surface area contributed by atoms with Crippen LogP contribution >= 0.6 is 15.9 Å². The molecule has 0 aliphatic carbocycles. The highest BCUT2D eigenvalue weighted by atomic mass is 79.9. The molecule has 21 heavy (non-hydrogen) atoms. The smallest absolute Gasteiger partial charge is 0.310 e. The van der Waals surface area contributed by atoms with E-state index in [0.29, 0.717) is 5.56 Å². The van der Waals surface area contributed by atoms with Gasteiger partial charge in [-0.2, -0.15) is 13.2 Å². The summed E-state index contributed by atoms with van der Waals surface area (Å²) in [6.07, 6.45) is -2.57. The minimum Gasteiger partial charge on any atom is -0.310 e. The zero-order valence-corrected chi connectivity index (χ0v) is 14.5. The van der Waals surface area contributed by atoms with Gasteiger partial charge in [-0.3, -0.25) is 0 Å². The highest BCUT2D eigenvalue weighted by Crippen LogP contribution is 2.36. The van der Waals surface area contributed by atoms with Crippen molar-refractivity contribution in [2.75, 3.05) is 6.54 Å². The van der Waals surface area contributed by atoms with Crippen molar-refractivity contribution in [3.63, 3.8) is 0 Å². The van der Waals surface area contributed by atoms with E-state index in [2.05, 4.69) is 42.0 Å². The molecule has 1 unspecified atom stereocenters. The quantitative estimate of drug-likeness (QED) is 0.680. The summed E-state index contributed by atoms with van der Waals surface area (Å²) in [7, 11) is 0. The molecule has 0 saturated carbocycles. The molecule has 0 aromatic heterocycles. The Labute approximate surface area is 133 Å². The van der Waals surface area contributed by atoms with Crippen LogP contribution in [-0.2, 0) is 6.18 Å². The molecule has 1 N–H and O–H groups in total. The van der Waals surface area contributed by atoms with Crippen LogP contribution in [0.5, 0.6) is 0 Å². The Morgan fingerprint density at radius 2 is 1.81 bits per heavy atom. The third-order valence-electron chi connectivity index (χ3n) is 3.33. The molecular weight excluding hydrogens is 343 g/mol. The maximum absolute atomic E-state index is 12.9. The van der Waals surface area contributed by atoms with Crippen molar-refractivity contribution in [3.8, 4) is 0 Å². The fourth-order valence-corrected chi connectivity index (χ4v) is 2.70. The number of hydrogen-bond acceptors (Lipinski definition) is 1. The summed E-state index contributed by atoms with van der Waals surface area (Å²) < 4.78 is 39.4. The first-order valence-electron chi connectivity index (χ1n) is 7.14. The molecule has 120 valence electrons. The van der Waals surface area contributed by atoms with Crippen LogP contribution in [0.15, 0.2) is 22.7 Å². The fourth-order valence-electron chi connectivity index (χ4n) is 2.18. The predicted molar refractivity (Wildman–Crippen MR) is 84.3 cm³/mol. The first-order valence-corrected chi connectivity index (χ1v) is 7.94. The third kappa shape index (κ3) is 5.99. The van der Waals surface area contributed by atoms with Gasteiger partial charge in [0.1, 0.15) is 0 Å². The van der Waals surface area contributed by atoms with Gasteiger partial charge in [-0.05, 0) is 48.6 Å². The van der Waals surface area contributed by atoms with Crippen LogP contribution in [0.25, 0.3) is 0 Å². The lowest BCUT2D eigenvalue weighted by Gasteiger charge is -2.25. The van der Waals surface area contributed by atoms with Crippen LogP contribution in [0, 0.1) is 5.41 Å². The number of rotatable bonds is 5. The third-order valence-corrected chi connectivity index (χ3v) is 4.05. The van der Waals surface area contributed by atoms with Crippen LogP contribution in [0.2, 0.25) is 0 Å². The predicted octanol–water partition coefficient (Wildman–Crippen LogP) is 5.94. The van der Waals surface area contributed by atoms with E-state index in [9.17, 15) is 13.2 Å². The van der Waals surface area contributed by atoms with Crippen molar-refractivity contribution >= 4 is 15.9 Å². The molecule has 0 aliphatic heterocycles. The van der Waals surface area contributed by atoms with Crippen LogP contribution in [0.3, 0.4) is 0 Å². The Morgan fingerprint density at radius 1 is 1.19 bits per heavy atom. The van der Waals surface area contributed by atoms with E-state index in [4.69, 9.17) is 0 Å². The fraction of sp³-hybridized carbons (Fsp3) is 0.625. The number of nitrogens with one attached hydrogen (secondary N) is 1. The van der Waals surface area contributed by atoms with E-state index in [1.807, 2.05) is 6.92 Å². The molecule has 0 spiro atoms. The van der Waals surface area contributed by atoms with Crippen LogP contribution in [0.1, 0.15) is 57.7 Å². The van der Waals surface area contributed by atoms with Crippen LogP contribution < -0.4 is 5.32 Å². The number of hydrogen-bond donors (Lipinski definition) is 1. The highest BCUT2D eigenvalue weighted by molar-refractivity contribution is 9.10. The molecule has 0 bridgehead atoms. The van der Waals surface area contributed by atoms with Crippen molar-refractivity contribution in [1.29, 1.82) is 0 Å². The molecule has 1 aromatic carbocycles. The molecule has 1 nitrogen and oxygen atoms in total. The maximum atomic E-state index is 12.9. The molecule has 1 atom stereocenters. The molecular formula is C16H23BrF3N. The molecule has 0 saturated heterocycles. The molecule has 1 rings (SSSR count). The Bertz CT molecular complexity index is 464. The lowest BCUT2D eigenvalue weighted by Crippen LogP contribution is -2.23. The van der Waals surface area contributed by atoms with E-state index in [0.717, 1.165) is 29.9 Å². The Balaban J connectivity index is 3.06. The highest BCUT2D eigenvalue weighted by Gasteiger charge is 2.31. The van der Waals surface area contributed by atoms with Crippen LogP contribution in [-0.4, -0.2) is 6.54 Å². The van der Waals surface area contributed by atoms with Gasteiger partial charge in [-0.25, -0.2) is 0 Å². The minimum atomic E-state index is -4.31. The van der Waals surface area contributed by atoms with Gasteiger partial charge in [-0.15, -0.1) is 0 Å². The van der Waals surface area contributed by atoms with Crippen molar-refractivity contribution in [3.05, 3.63) is 33.8 Å². The summed E-state index contributed by atoms with van der Waals surface area (Å²) >= 11 is 3.38. The summed E-state index contributed by atoms with van der Waals surface area (Å²) in [5.41, 5.74) is 0.234. The first-order chi connectivity index (χ1) is 9.54. The summed E-state index contributed by atoms with van der Waals surface area (Å²) in [6, 6.07) is 3.77. The monoisotopic (exact) mass is 365 g/mol. The minimum absolute atomic E-state index is 0.0779. The van der Waals surface area contributed by atoms with E-state index in [1.165, 1.54) is 12.1 Å². The van der Waals surface area contributed by atoms with E-state index >= 15 is 0 Å². The van der Waals surface area contributed by atoms with Gasteiger partial charge >= 0.3 is 6.18 Å². The van der Waals surface area contributed by atoms with Gasteiger partial charge < -0.3 is 5.32 Å². The van der Waals surface area contributed by atoms with Crippen molar-refractivity contribution in [2.45, 2.75) is 52.8 Å². The van der Waals surface area contributed by atoms with Crippen molar-refractivity contribution < 1.29 is 13.2 Å². The summed E-state index contributed by atoms with van der Waals surface area (Å²) in [5.74, 6) is 0. The van der Waals surface area contributed by atoms with E-state index in [-0.39, 0.29) is 11.5 Å². The van der Waals surface area contributed by atoms with Crippen molar-refractivity contribution in [2.24, 2.45) is 5.41 Å². The first kappa shape index (κ1) is 18.5. The average molecular weight is 366 g/mol. The Morgan fingerprint density at radius 3 is 2.29 bits per heavy atom. The normalized spacial score (nSPS) is 14.3. The zero-order chi connectivity index (χ0) is 16.3. The molecule has 0 amide bonds. The molecule has 0 radical (unpaired) electrons. The largest absolute Gasteiger partial charge is 0.416 e. The second-order valence-electron chi connectivity index (χ2n) is 6.44. The van der Waals surface area contributed by atoms with Crippen LogP contribution in [0.4, 0.5) is 13.2 Å². The molecule has 1 aromatic rings. The number of alkyl halides is 3. The van der Waals surface area contributed by atoms with Gasteiger partial charge in [-0.1, -0.05) is 43.6 Å². The molecule has 0 heterocycles. The van der Waals surface area contributed by atoms with Gasteiger partial charge in [0.2, 0.25) is 0 Å². The molecule has 0 fully saturated rings. The standard InChI is InChI=1S/C16H23BrF3N/c1-5-21-14(8-9-15(2,3)4)12-10-11(16(18,19)20)6-7-13(12)17/h6-7,10,14,21H,5,8-9H2,1-4H3. The summed E-state index contributed by atoms with van der Waals surface area (Å²) in [4.78, 5) is 0. The van der Waals surface area contributed by atoms with E-state index < -0.39 is 11.7 Å². The lowest BCUT2D eigenvalue weighted by atomic mass is 9.87. The second kappa shape index (κ2) is 7.14. The van der Waals surface area contributed by atoms with Gasteiger partial charge in [0, 0.05) is 10.5 Å². The van der Waals surface area contributed by atoms with Crippen molar-refractivity contribution in [1.82, 2.24) is 5.32 Å². The topological polar surface area (TPSA) is 12.0 Å². The van der Waals surface area contributed by atoms with Gasteiger partial charge in [0.05, 0.1) is 5.56 Å². The average Bonchev–Trinajstić information content (AvgIpc) is 2.33. The van der Waals surface area contributed by atoms with Gasteiger partial charge in [0.25, 0.3) is 0 Å². The lowest BCUT2D eigenvalue weighted by molar-refractivity contribution is -0.137. The maximum Gasteiger partial charge on any atom is 0.416 e. The Hall–Kier alpha value is -0.550. The molecule has 5 heteroatoms. The zero-order valence-electron chi connectivity index (χ0n) is 12.9.